The van der Waals surface area contributed by atoms with Gasteiger partial charge in [0.05, 0.1) is 17.0 Å². The number of ether oxygens (including phenoxy) is 1. The predicted octanol–water partition coefficient (Wildman–Crippen LogP) is 1.12. The van der Waals surface area contributed by atoms with Crippen molar-refractivity contribution in [3.63, 3.8) is 0 Å². The fourth-order valence-corrected chi connectivity index (χ4v) is 5.42. The standard InChI is InChI=1S/C21H25N5O6S/c1-3-4-10-25-18-17(19(27)23-21(25)29)24(2)16(22-18)13-32-20(28)14-6-8-15(9-7-14)26-11-5-12-33(26,30)31/h6-9H,3-5,10-13H2,1-2H3,(H,23,27,29). The molecule has 0 aliphatic carbocycles. The maximum absolute atomic E-state index is 12.5. The Balaban J connectivity index is 1.53. The molecule has 33 heavy (non-hydrogen) atoms. The van der Waals surface area contributed by atoms with E-state index in [9.17, 15) is 22.8 Å². The second kappa shape index (κ2) is 8.85. The van der Waals surface area contributed by atoms with E-state index in [-0.39, 0.29) is 29.1 Å². The number of aromatic amines is 1. The van der Waals surface area contributed by atoms with Crippen LogP contribution in [0.15, 0.2) is 33.9 Å². The van der Waals surface area contributed by atoms with Gasteiger partial charge in [-0.2, -0.15) is 0 Å². The van der Waals surface area contributed by atoms with Gasteiger partial charge >= 0.3 is 11.7 Å². The Hall–Kier alpha value is -3.41. The molecule has 11 nitrogen and oxygen atoms in total. The van der Waals surface area contributed by atoms with Crippen LogP contribution in [0.5, 0.6) is 0 Å². The summed E-state index contributed by atoms with van der Waals surface area (Å²) in [6.45, 7) is 2.63. The molecule has 0 atom stereocenters. The fourth-order valence-electron chi connectivity index (χ4n) is 3.85. The molecule has 3 heterocycles. The zero-order valence-corrected chi connectivity index (χ0v) is 19.2. The van der Waals surface area contributed by atoms with Gasteiger partial charge in [0, 0.05) is 20.1 Å². The number of benzene rings is 1. The summed E-state index contributed by atoms with van der Waals surface area (Å²) in [7, 11) is -1.68. The molecule has 1 N–H and O–H groups in total. The Morgan fingerprint density at radius 1 is 1.21 bits per heavy atom. The van der Waals surface area contributed by atoms with Crippen LogP contribution in [0.25, 0.3) is 11.2 Å². The number of hydrogen-bond donors (Lipinski definition) is 1. The molecule has 1 aliphatic heterocycles. The highest BCUT2D eigenvalue weighted by molar-refractivity contribution is 7.93. The molecule has 0 radical (unpaired) electrons. The monoisotopic (exact) mass is 475 g/mol. The average Bonchev–Trinajstić information content (AvgIpc) is 3.30. The van der Waals surface area contributed by atoms with E-state index in [0.29, 0.717) is 31.0 Å². The van der Waals surface area contributed by atoms with Crippen LogP contribution in [0.2, 0.25) is 0 Å². The molecule has 3 aromatic rings. The zero-order valence-electron chi connectivity index (χ0n) is 18.4. The van der Waals surface area contributed by atoms with Gasteiger partial charge in [-0.05, 0) is 37.1 Å². The van der Waals surface area contributed by atoms with Crippen molar-refractivity contribution in [2.45, 2.75) is 39.3 Å². The van der Waals surface area contributed by atoms with Gasteiger partial charge in [0.15, 0.2) is 11.2 Å². The number of nitrogens with zero attached hydrogens (tertiary/aromatic N) is 4. The molecule has 0 unspecified atom stereocenters. The Bertz CT molecular complexity index is 1420. The van der Waals surface area contributed by atoms with Crippen molar-refractivity contribution in [1.29, 1.82) is 0 Å². The lowest BCUT2D eigenvalue weighted by Crippen LogP contribution is -2.31. The van der Waals surface area contributed by atoms with E-state index >= 15 is 0 Å². The number of carbonyl (C=O) groups excluding carboxylic acids is 1. The number of carbonyl (C=O) groups is 1. The summed E-state index contributed by atoms with van der Waals surface area (Å²) in [6, 6.07) is 6.15. The third-order valence-corrected chi connectivity index (χ3v) is 7.53. The van der Waals surface area contributed by atoms with Crippen molar-refractivity contribution >= 4 is 32.8 Å². The number of imidazole rings is 1. The van der Waals surface area contributed by atoms with Crippen LogP contribution in [0.3, 0.4) is 0 Å². The van der Waals surface area contributed by atoms with Crippen molar-refractivity contribution in [2.24, 2.45) is 7.05 Å². The maximum atomic E-state index is 12.5. The number of nitrogens with one attached hydrogen (secondary N) is 1. The minimum absolute atomic E-state index is 0.115. The van der Waals surface area contributed by atoms with E-state index in [2.05, 4.69) is 9.97 Å². The molecular weight excluding hydrogens is 450 g/mol. The molecule has 176 valence electrons. The largest absolute Gasteiger partial charge is 0.454 e. The van der Waals surface area contributed by atoms with Crippen molar-refractivity contribution in [2.75, 3.05) is 16.6 Å². The number of hydrogen-bond acceptors (Lipinski definition) is 7. The highest BCUT2D eigenvalue weighted by atomic mass is 32.2. The molecule has 4 rings (SSSR count). The molecule has 1 fully saturated rings. The van der Waals surface area contributed by atoms with Crippen LogP contribution in [-0.2, 0) is 35.0 Å². The molecule has 0 spiro atoms. The van der Waals surface area contributed by atoms with Gasteiger partial charge in [-0.3, -0.25) is 18.7 Å². The van der Waals surface area contributed by atoms with E-state index in [0.717, 1.165) is 12.8 Å². The van der Waals surface area contributed by atoms with Crippen LogP contribution >= 0.6 is 0 Å². The van der Waals surface area contributed by atoms with E-state index in [1.807, 2.05) is 6.92 Å². The maximum Gasteiger partial charge on any atom is 0.338 e. The lowest BCUT2D eigenvalue weighted by molar-refractivity contribution is 0.0459. The zero-order chi connectivity index (χ0) is 23.8. The summed E-state index contributed by atoms with van der Waals surface area (Å²) in [5.41, 5.74) is 0.163. The SMILES string of the molecule is CCCCn1c(=O)[nH]c(=O)c2c1nc(COC(=O)c1ccc(N3CCCS3(=O)=O)cc1)n2C. The molecule has 1 aromatic carbocycles. The highest BCUT2D eigenvalue weighted by Gasteiger charge is 2.28. The first-order valence-electron chi connectivity index (χ1n) is 10.7. The van der Waals surface area contributed by atoms with Crippen molar-refractivity contribution in [3.8, 4) is 0 Å². The Morgan fingerprint density at radius 3 is 2.58 bits per heavy atom. The number of aromatic nitrogens is 4. The number of rotatable bonds is 7. The third-order valence-electron chi connectivity index (χ3n) is 5.66. The molecule has 1 saturated heterocycles. The van der Waals surface area contributed by atoms with Gasteiger partial charge in [-0.1, -0.05) is 13.3 Å². The predicted molar refractivity (Wildman–Crippen MR) is 122 cm³/mol. The fraction of sp³-hybridized carbons (Fsp3) is 0.429. The van der Waals surface area contributed by atoms with E-state index < -0.39 is 27.2 Å². The van der Waals surface area contributed by atoms with Gasteiger partial charge in [0.25, 0.3) is 5.56 Å². The van der Waals surface area contributed by atoms with Gasteiger partial charge in [-0.25, -0.2) is 23.0 Å². The second-order valence-electron chi connectivity index (χ2n) is 7.89. The Morgan fingerprint density at radius 2 is 1.94 bits per heavy atom. The molecule has 0 amide bonds. The first-order chi connectivity index (χ1) is 15.7. The summed E-state index contributed by atoms with van der Waals surface area (Å²) in [5.74, 6) is -0.182. The summed E-state index contributed by atoms with van der Waals surface area (Å²) in [4.78, 5) is 43.8. The second-order valence-corrected chi connectivity index (χ2v) is 9.90. The van der Waals surface area contributed by atoms with Gasteiger partial charge < -0.3 is 9.30 Å². The molecular formula is C21H25N5O6S. The normalized spacial score (nSPS) is 15.3. The minimum Gasteiger partial charge on any atom is -0.454 e. The first-order valence-corrected chi connectivity index (χ1v) is 12.3. The van der Waals surface area contributed by atoms with Crippen LogP contribution in [0.4, 0.5) is 5.69 Å². The van der Waals surface area contributed by atoms with Gasteiger partial charge in [0.2, 0.25) is 10.0 Å². The number of aryl methyl sites for hydroxylation is 2. The number of esters is 1. The van der Waals surface area contributed by atoms with Crippen molar-refractivity contribution < 1.29 is 17.9 Å². The molecule has 0 saturated carbocycles. The summed E-state index contributed by atoms with van der Waals surface area (Å²) in [5, 5.41) is 0. The number of anilines is 1. The number of unbranched alkanes of at least 4 members (excludes halogenated alkanes) is 1. The van der Waals surface area contributed by atoms with Crippen LogP contribution in [0, 0.1) is 0 Å². The van der Waals surface area contributed by atoms with E-state index in [4.69, 9.17) is 4.74 Å². The summed E-state index contributed by atoms with van der Waals surface area (Å²) >= 11 is 0. The van der Waals surface area contributed by atoms with Crippen molar-refractivity contribution in [3.05, 3.63) is 56.5 Å². The molecule has 12 heteroatoms. The van der Waals surface area contributed by atoms with Crippen LogP contribution < -0.4 is 15.6 Å². The van der Waals surface area contributed by atoms with Crippen LogP contribution in [-0.4, -0.2) is 45.8 Å². The molecule has 1 aliphatic rings. The van der Waals surface area contributed by atoms with Gasteiger partial charge in [0.1, 0.15) is 12.4 Å². The Kier molecular flexibility index (Phi) is 6.11. The van der Waals surface area contributed by atoms with Crippen LogP contribution in [0.1, 0.15) is 42.4 Å². The van der Waals surface area contributed by atoms with Gasteiger partial charge in [-0.15, -0.1) is 0 Å². The first kappa shape index (κ1) is 22.8. The third kappa shape index (κ3) is 4.30. The lowest BCUT2D eigenvalue weighted by Gasteiger charge is -2.16. The number of fused-ring (bicyclic) bond motifs is 1. The van der Waals surface area contributed by atoms with E-state index in [1.165, 1.54) is 25.6 Å². The number of sulfonamides is 1. The smallest absolute Gasteiger partial charge is 0.338 e. The summed E-state index contributed by atoms with van der Waals surface area (Å²) < 4.78 is 33.7. The van der Waals surface area contributed by atoms with Crippen molar-refractivity contribution in [1.82, 2.24) is 19.1 Å². The molecule has 0 bridgehead atoms. The molecule has 2 aromatic heterocycles. The lowest BCUT2D eigenvalue weighted by atomic mass is 10.2. The quantitative estimate of drug-likeness (QED) is 0.506. The average molecular weight is 476 g/mol. The highest BCUT2D eigenvalue weighted by Crippen LogP contribution is 2.24. The Labute approximate surface area is 189 Å². The minimum atomic E-state index is -3.30. The summed E-state index contributed by atoms with van der Waals surface area (Å²) in [6.07, 6.45) is 2.18. The topological polar surface area (TPSA) is 136 Å². The van der Waals surface area contributed by atoms with E-state index in [1.54, 1.807) is 19.2 Å². The number of H-pyrrole nitrogens is 1.